The largest absolute Gasteiger partial charge is 0.377 e. The van der Waals surface area contributed by atoms with Gasteiger partial charge in [0.05, 0.1) is 6.10 Å². The van der Waals surface area contributed by atoms with E-state index < -0.39 is 0 Å². The lowest BCUT2D eigenvalue weighted by Gasteiger charge is -2.34. The number of nitrogens with one attached hydrogen (secondary N) is 1. The van der Waals surface area contributed by atoms with Gasteiger partial charge < -0.3 is 10.1 Å². The fourth-order valence-electron chi connectivity index (χ4n) is 3.25. The zero-order valence-electron chi connectivity index (χ0n) is 10.5. The third-order valence-electron chi connectivity index (χ3n) is 4.28. The minimum Gasteiger partial charge on any atom is -0.377 e. The lowest BCUT2D eigenvalue weighted by Crippen LogP contribution is -2.40. The molecule has 0 spiro atoms. The van der Waals surface area contributed by atoms with E-state index in [2.05, 4.69) is 36.6 Å². The van der Waals surface area contributed by atoms with E-state index in [1.54, 1.807) is 11.1 Å². The van der Waals surface area contributed by atoms with Crippen LogP contribution in [-0.2, 0) is 11.2 Å². The molecule has 0 radical (unpaired) electrons. The monoisotopic (exact) mass is 231 g/mol. The van der Waals surface area contributed by atoms with Crippen molar-refractivity contribution >= 4 is 0 Å². The highest BCUT2D eigenvalue weighted by atomic mass is 16.5. The van der Waals surface area contributed by atoms with Gasteiger partial charge >= 0.3 is 0 Å². The second kappa shape index (κ2) is 4.79. The standard InChI is InChI=1S/C15H21NO/c1-16-14(15-7-4-8-17-15)10-12-9-11-5-2-3-6-13(11)12/h2-3,5-6,12,14-16H,4,7-10H2,1H3. The van der Waals surface area contributed by atoms with Crippen LogP contribution in [0.1, 0.15) is 36.3 Å². The van der Waals surface area contributed by atoms with Gasteiger partial charge in [-0.25, -0.2) is 0 Å². The fraction of sp³-hybridized carbons (Fsp3) is 0.600. The zero-order valence-corrected chi connectivity index (χ0v) is 10.5. The van der Waals surface area contributed by atoms with Crippen molar-refractivity contribution in [3.8, 4) is 0 Å². The van der Waals surface area contributed by atoms with Crippen LogP contribution >= 0.6 is 0 Å². The minimum absolute atomic E-state index is 0.438. The van der Waals surface area contributed by atoms with Crippen molar-refractivity contribution in [3.63, 3.8) is 0 Å². The Morgan fingerprint density at radius 1 is 1.41 bits per heavy atom. The Labute approximate surface area is 103 Å². The molecular formula is C15H21NO. The Bertz CT molecular complexity index is 384. The molecule has 1 aromatic carbocycles. The van der Waals surface area contributed by atoms with Crippen LogP contribution in [0.5, 0.6) is 0 Å². The van der Waals surface area contributed by atoms with Crippen LogP contribution < -0.4 is 5.32 Å². The molecule has 3 rings (SSSR count). The first-order valence-corrected chi connectivity index (χ1v) is 6.75. The summed E-state index contributed by atoms with van der Waals surface area (Å²) in [6, 6.07) is 9.37. The summed E-state index contributed by atoms with van der Waals surface area (Å²) >= 11 is 0. The van der Waals surface area contributed by atoms with Crippen molar-refractivity contribution in [2.75, 3.05) is 13.7 Å². The van der Waals surface area contributed by atoms with Crippen molar-refractivity contribution in [3.05, 3.63) is 35.4 Å². The molecule has 1 N–H and O–H groups in total. The maximum atomic E-state index is 5.80. The van der Waals surface area contributed by atoms with Crippen molar-refractivity contribution in [2.24, 2.45) is 0 Å². The van der Waals surface area contributed by atoms with Crippen LogP contribution in [-0.4, -0.2) is 25.8 Å². The third kappa shape index (κ3) is 2.12. The Balaban J connectivity index is 1.63. The van der Waals surface area contributed by atoms with E-state index in [4.69, 9.17) is 4.74 Å². The van der Waals surface area contributed by atoms with Gasteiger partial charge in [-0.15, -0.1) is 0 Å². The molecule has 3 unspecified atom stereocenters. The maximum Gasteiger partial charge on any atom is 0.0728 e. The smallest absolute Gasteiger partial charge is 0.0728 e. The van der Waals surface area contributed by atoms with E-state index in [1.165, 1.54) is 25.7 Å². The molecule has 1 heterocycles. The highest BCUT2D eigenvalue weighted by molar-refractivity contribution is 5.39. The highest BCUT2D eigenvalue weighted by Crippen LogP contribution is 2.39. The van der Waals surface area contributed by atoms with Gasteiger partial charge in [0.15, 0.2) is 0 Å². The molecule has 92 valence electrons. The fourth-order valence-corrected chi connectivity index (χ4v) is 3.25. The molecule has 1 aliphatic carbocycles. The normalized spacial score (nSPS) is 28.5. The number of hydrogen-bond donors (Lipinski definition) is 1. The Kier molecular flexibility index (Phi) is 3.17. The van der Waals surface area contributed by atoms with Crippen LogP contribution in [0.2, 0.25) is 0 Å². The molecule has 0 bridgehead atoms. The van der Waals surface area contributed by atoms with Gasteiger partial charge in [0.1, 0.15) is 0 Å². The molecule has 17 heavy (non-hydrogen) atoms. The number of hydrogen-bond acceptors (Lipinski definition) is 2. The van der Waals surface area contributed by atoms with Crippen LogP contribution in [0.15, 0.2) is 24.3 Å². The summed E-state index contributed by atoms with van der Waals surface area (Å²) in [7, 11) is 2.07. The topological polar surface area (TPSA) is 21.3 Å². The predicted molar refractivity (Wildman–Crippen MR) is 69.3 cm³/mol. The summed E-state index contributed by atoms with van der Waals surface area (Å²) in [5, 5.41) is 3.45. The molecule has 2 aliphatic rings. The van der Waals surface area contributed by atoms with Crippen molar-refractivity contribution in [1.29, 1.82) is 0 Å². The molecule has 0 aromatic heterocycles. The number of fused-ring (bicyclic) bond motifs is 1. The van der Waals surface area contributed by atoms with Gasteiger partial charge in [-0.2, -0.15) is 0 Å². The van der Waals surface area contributed by atoms with E-state index >= 15 is 0 Å². The first-order chi connectivity index (χ1) is 8.38. The van der Waals surface area contributed by atoms with Crippen molar-refractivity contribution in [1.82, 2.24) is 5.32 Å². The summed E-state index contributed by atoms with van der Waals surface area (Å²) in [6.07, 6.45) is 5.36. The molecule has 0 amide bonds. The first-order valence-electron chi connectivity index (χ1n) is 6.75. The molecule has 1 aliphatic heterocycles. The third-order valence-corrected chi connectivity index (χ3v) is 4.28. The summed E-state index contributed by atoms with van der Waals surface area (Å²) in [4.78, 5) is 0. The number of rotatable bonds is 4. The second-order valence-electron chi connectivity index (χ2n) is 5.28. The molecule has 1 fully saturated rings. The summed E-state index contributed by atoms with van der Waals surface area (Å²) < 4.78 is 5.80. The zero-order chi connectivity index (χ0) is 11.7. The number of ether oxygens (including phenoxy) is 1. The lowest BCUT2D eigenvalue weighted by atomic mass is 9.74. The minimum atomic E-state index is 0.438. The molecular weight excluding hydrogens is 210 g/mol. The van der Waals surface area contributed by atoms with Gasteiger partial charge in [-0.1, -0.05) is 24.3 Å². The average molecular weight is 231 g/mol. The van der Waals surface area contributed by atoms with Crippen LogP contribution in [0.4, 0.5) is 0 Å². The van der Waals surface area contributed by atoms with E-state index in [0.717, 1.165) is 12.5 Å². The molecule has 0 saturated carbocycles. The summed E-state index contributed by atoms with van der Waals surface area (Å²) in [5.41, 5.74) is 3.10. The average Bonchev–Trinajstić information content (AvgIpc) is 2.84. The van der Waals surface area contributed by atoms with Gasteiger partial charge in [0.2, 0.25) is 0 Å². The van der Waals surface area contributed by atoms with E-state index in [0.29, 0.717) is 12.1 Å². The predicted octanol–water partition coefficient (Wildman–Crippen LogP) is 2.48. The van der Waals surface area contributed by atoms with Crippen LogP contribution in [0.3, 0.4) is 0 Å². The molecule has 2 heteroatoms. The highest BCUT2D eigenvalue weighted by Gasteiger charge is 2.32. The van der Waals surface area contributed by atoms with Gasteiger partial charge in [0.25, 0.3) is 0 Å². The summed E-state index contributed by atoms with van der Waals surface area (Å²) in [6.45, 7) is 0.949. The van der Waals surface area contributed by atoms with E-state index in [-0.39, 0.29) is 0 Å². The van der Waals surface area contributed by atoms with Gasteiger partial charge in [-0.05, 0) is 49.8 Å². The Hall–Kier alpha value is -0.860. The Morgan fingerprint density at radius 3 is 3.00 bits per heavy atom. The number of likely N-dealkylation sites (N-methyl/N-ethyl adjacent to an activating group) is 1. The quantitative estimate of drug-likeness (QED) is 0.859. The van der Waals surface area contributed by atoms with Gasteiger partial charge in [-0.3, -0.25) is 0 Å². The lowest BCUT2D eigenvalue weighted by molar-refractivity contribution is 0.0749. The molecule has 2 nitrogen and oxygen atoms in total. The van der Waals surface area contributed by atoms with E-state index in [1.807, 2.05) is 0 Å². The molecule has 1 saturated heterocycles. The van der Waals surface area contributed by atoms with Crippen LogP contribution in [0.25, 0.3) is 0 Å². The van der Waals surface area contributed by atoms with Crippen molar-refractivity contribution < 1.29 is 4.74 Å². The SMILES string of the molecule is CNC(CC1Cc2ccccc21)C1CCCO1. The second-order valence-corrected chi connectivity index (χ2v) is 5.28. The molecule has 3 atom stereocenters. The summed E-state index contributed by atoms with van der Waals surface area (Å²) in [5.74, 6) is 0.743. The Morgan fingerprint density at radius 2 is 2.29 bits per heavy atom. The van der Waals surface area contributed by atoms with Crippen LogP contribution in [0, 0.1) is 0 Å². The first kappa shape index (κ1) is 11.2. The maximum absolute atomic E-state index is 5.80. The molecule has 1 aromatic rings. The van der Waals surface area contributed by atoms with E-state index in [9.17, 15) is 0 Å². The van der Waals surface area contributed by atoms with Crippen molar-refractivity contribution in [2.45, 2.75) is 43.7 Å². The number of benzene rings is 1. The van der Waals surface area contributed by atoms with Gasteiger partial charge in [0, 0.05) is 12.6 Å².